The highest BCUT2D eigenvalue weighted by Gasteiger charge is 2.29. The second kappa shape index (κ2) is 8.16. The van der Waals surface area contributed by atoms with Crippen molar-refractivity contribution >= 4 is 45.5 Å². The van der Waals surface area contributed by atoms with Gasteiger partial charge < -0.3 is 15.0 Å². The summed E-state index contributed by atoms with van der Waals surface area (Å²) in [5.74, 6) is 0.505. The summed E-state index contributed by atoms with van der Waals surface area (Å²) in [7, 11) is 0. The second-order valence-corrected chi connectivity index (χ2v) is 8.47. The van der Waals surface area contributed by atoms with Crippen LogP contribution >= 0.6 is 11.8 Å². The summed E-state index contributed by atoms with van der Waals surface area (Å²) in [5, 5.41) is 2.64. The van der Waals surface area contributed by atoms with Crippen molar-refractivity contribution in [2.24, 2.45) is 0 Å². The Kier molecular flexibility index (Phi) is 5.21. The summed E-state index contributed by atoms with van der Waals surface area (Å²) in [5.41, 5.74) is 3.48. The van der Waals surface area contributed by atoms with Gasteiger partial charge in [0, 0.05) is 17.9 Å². The Bertz CT molecular complexity index is 1170. The van der Waals surface area contributed by atoms with E-state index in [4.69, 9.17) is 4.74 Å². The number of nitrogens with one attached hydrogen (secondary N) is 2. The van der Waals surface area contributed by atoms with Crippen molar-refractivity contribution in [2.75, 3.05) is 17.7 Å². The molecule has 2 aliphatic rings. The molecule has 0 saturated carbocycles. The largest absolute Gasteiger partial charge is 0.370 e. The lowest BCUT2D eigenvalue weighted by Gasteiger charge is -2.13. The molecule has 0 aliphatic carbocycles. The molecule has 2 fully saturated rings. The Hall–Kier alpha value is -3.17. The molecule has 1 aromatic heterocycles. The number of anilines is 1. The first-order chi connectivity index (χ1) is 15.1. The van der Waals surface area contributed by atoms with Crippen LogP contribution < -0.4 is 5.32 Å². The van der Waals surface area contributed by atoms with Gasteiger partial charge in [0.1, 0.15) is 11.9 Å². The highest BCUT2D eigenvalue weighted by atomic mass is 32.2. The first-order valence-electron chi connectivity index (χ1n) is 10.1. The van der Waals surface area contributed by atoms with Crippen molar-refractivity contribution in [3.63, 3.8) is 0 Å². The maximum absolute atomic E-state index is 12.8. The van der Waals surface area contributed by atoms with Crippen LogP contribution in [0.1, 0.15) is 40.7 Å². The predicted molar refractivity (Wildman–Crippen MR) is 117 cm³/mol. The van der Waals surface area contributed by atoms with E-state index < -0.39 is 0 Å². The van der Waals surface area contributed by atoms with Gasteiger partial charge in [0.15, 0.2) is 0 Å². The number of imidazole rings is 1. The Labute approximate surface area is 182 Å². The first-order valence-corrected chi connectivity index (χ1v) is 11.0. The highest BCUT2D eigenvalue weighted by Crippen LogP contribution is 2.29. The molecule has 3 heterocycles. The number of H-pyrrole nitrogens is 1. The van der Waals surface area contributed by atoms with Crippen molar-refractivity contribution in [3.8, 4) is 0 Å². The smallest absolute Gasteiger partial charge is 0.289 e. The lowest BCUT2D eigenvalue weighted by atomic mass is 10.1. The standard InChI is InChI=1S/C22H20N4O4S/c27-19-12-31-22(29)26(19)11-13-3-1-4-14(9-13)21(28)23-15-6-7-16-17(10-15)25-20(24-16)18-5-2-8-30-18/h1,3-4,6-7,9-10,18H,2,5,8,11-12H2,(H,23,28)(H,24,25). The molecule has 2 aromatic carbocycles. The molecule has 0 spiro atoms. The van der Waals surface area contributed by atoms with Crippen LogP contribution in [0.3, 0.4) is 0 Å². The number of nitrogens with zero attached hydrogens (tertiary/aromatic N) is 2. The van der Waals surface area contributed by atoms with Crippen molar-refractivity contribution in [1.82, 2.24) is 14.9 Å². The lowest BCUT2D eigenvalue weighted by Crippen LogP contribution is -2.28. The zero-order valence-electron chi connectivity index (χ0n) is 16.6. The number of fused-ring (bicyclic) bond motifs is 1. The minimum absolute atomic E-state index is 0.000881. The van der Waals surface area contributed by atoms with Crippen molar-refractivity contribution in [3.05, 3.63) is 59.4 Å². The average Bonchev–Trinajstić information content (AvgIpc) is 3.50. The molecule has 158 valence electrons. The Balaban J connectivity index is 1.31. The number of thioether (sulfide) groups is 1. The lowest BCUT2D eigenvalue weighted by molar-refractivity contribution is -0.125. The number of amides is 3. The molecule has 0 radical (unpaired) electrons. The van der Waals surface area contributed by atoms with Gasteiger partial charge in [-0.3, -0.25) is 19.3 Å². The molecule has 3 amide bonds. The molecular formula is C22H20N4O4S. The van der Waals surface area contributed by atoms with Gasteiger partial charge in [0.05, 0.1) is 23.3 Å². The number of aromatic amines is 1. The van der Waals surface area contributed by atoms with Crippen LogP contribution in [0.4, 0.5) is 10.5 Å². The average molecular weight is 436 g/mol. The number of hydrogen-bond donors (Lipinski definition) is 2. The molecule has 8 nitrogen and oxygen atoms in total. The molecule has 2 aliphatic heterocycles. The third-order valence-corrected chi connectivity index (χ3v) is 6.22. The van der Waals surface area contributed by atoms with Gasteiger partial charge in [0.25, 0.3) is 11.1 Å². The molecule has 9 heteroatoms. The van der Waals surface area contributed by atoms with Gasteiger partial charge in [-0.15, -0.1) is 0 Å². The summed E-state index contributed by atoms with van der Waals surface area (Å²) >= 11 is 0.998. The van der Waals surface area contributed by atoms with Crippen LogP contribution in [0.2, 0.25) is 0 Å². The molecule has 3 aromatic rings. The number of rotatable bonds is 5. The second-order valence-electron chi connectivity index (χ2n) is 7.54. The minimum Gasteiger partial charge on any atom is -0.370 e. The van der Waals surface area contributed by atoms with Gasteiger partial charge in [-0.05, 0) is 48.7 Å². The fourth-order valence-electron chi connectivity index (χ4n) is 3.78. The molecular weight excluding hydrogens is 416 g/mol. The van der Waals surface area contributed by atoms with Crippen LogP contribution in [0.15, 0.2) is 42.5 Å². The molecule has 1 atom stereocenters. The number of carbonyl (C=O) groups excluding carboxylic acids is 3. The van der Waals surface area contributed by atoms with Gasteiger partial charge in [0.2, 0.25) is 5.91 Å². The van der Waals surface area contributed by atoms with Crippen LogP contribution in [0.25, 0.3) is 11.0 Å². The third kappa shape index (κ3) is 4.06. The van der Waals surface area contributed by atoms with E-state index in [0.717, 1.165) is 53.6 Å². The van der Waals surface area contributed by atoms with Gasteiger partial charge in [-0.1, -0.05) is 23.9 Å². The molecule has 0 bridgehead atoms. The van der Waals surface area contributed by atoms with Crippen molar-refractivity contribution < 1.29 is 19.1 Å². The topological polar surface area (TPSA) is 104 Å². The maximum atomic E-state index is 12.8. The Morgan fingerprint density at radius 1 is 1.26 bits per heavy atom. The zero-order chi connectivity index (χ0) is 21.4. The van der Waals surface area contributed by atoms with Crippen LogP contribution in [-0.4, -0.2) is 44.3 Å². The van der Waals surface area contributed by atoms with Gasteiger partial charge in [-0.2, -0.15) is 0 Å². The fourth-order valence-corrected chi connectivity index (χ4v) is 4.51. The monoisotopic (exact) mass is 436 g/mol. The number of ether oxygens (including phenoxy) is 1. The summed E-state index contributed by atoms with van der Waals surface area (Å²) in [4.78, 5) is 45.5. The molecule has 31 heavy (non-hydrogen) atoms. The van der Waals surface area contributed by atoms with E-state index >= 15 is 0 Å². The van der Waals surface area contributed by atoms with Crippen LogP contribution in [0, 0.1) is 0 Å². The quantitative estimate of drug-likeness (QED) is 0.629. The summed E-state index contributed by atoms with van der Waals surface area (Å²) < 4.78 is 5.68. The maximum Gasteiger partial charge on any atom is 0.289 e. The SMILES string of the molecule is O=C(Nc1ccc2nc(C3CCCO3)[nH]c2c1)c1cccc(CN2C(=O)CSC2=O)c1. The van der Waals surface area contributed by atoms with Crippen molar-refractivity contribution in [2.45, 2.75) is 25.5 Å². The normalized spacial score (nSPS) is 18.8. The Morgan fingerprint density at radius 2 is 2.16 bits per heavy atom. The van der Waals surface area contributed by atoms with E-state index in [1.165, 1.54) is 4.90 Å². The van der Waals surface area contributed by atoms with E-state index in [9.17, 15) is 14.4 Å². The molecule has 5 rings (SSSR count). The van der Waals surface area contributed by atoms with E-state index in [1.54, 1.807) is 24.3 Å². The first kappa shape index (κ1) is 19.8. The highest BCUT2D eigenvalue weighted by molar-refractivity contribution is 8.14. The number of aromatic nitrogens is 2. The third-order valence-electron chi connectivity index (χ3n) is 5.36. The minimum atomic E-state index is -0.270. The van der Waals surface area contributed by atoms with Crippen molar-refractivity contribution in [1.29, 1.82) is 0 Å². The van der Waals surface area contributed by atoms with E-state index in [-0.39, 0.29) is 35.5 Å². The summed E-state index contributed by atoms with van der Waals surface area (Å²) in [6.07, 6.45) is 1.98. The summed E-state index contributed by atoms with van der Waals surface area (Å²) in [6.45, 7) is 0.916. The van der Waals surface area contributed by atoms with Gasteiger partial charge in [-0.25, -0.2) is 4.98 Å². The zero-order valence-corrected chi connectivity index (χ0v) is 17.4. The molecule has 2 saturated heterocycles. The summed E-state index contributed by atoms with van der Waals surface area (Å²) in [6, 6.07) is 12.5. The van der Waals surface area contributed by atoms with E-state index in [2.05, 4.69) is 15.3 Å². The number of carbonyl (C=O) groups is 3. The van der Waals surface area contributed by atoms with Crippen LogP contribution in [0.5, 0.6) is 0 Å². The van der Waals surface area contributed by atoms with Gasteiger partial charge >= 0.3 is 0 Å². The van der Waals surface area contributed by atoms with E-state index in [0.29, 0.717) is 11.3 Å². The Morgan fingerprint density at radius 3 is 2.94 bits per heavy atom. The number of benzene rings is 2. The molecule has 1 unspecified atom stereocenters. The van der Waals surface area contributed by atoms with E-state index in [1.807, 2.05) is 18.2 Å². The van der Waals surface area contributed by atoms with Crippen LogP contribution in [-0.2, 0) is 16.1 Å². The molecule has 2 N–H and O–H groups in total. The predicted octanol–water partition coefficient (Wildman–Crippen LogP) is 3.86. The number of imide groups is 1. The fraction of sp³-hybridized carbons (Fsp3) is 0.273. The number of hydrogen-bond acceptors (Lipinski definition) is 6.